The number of piperidine rings is 2. The van der Waals surface area contributed by atoms with Crippen molar-refractivity contribution in [3.8, 4) is 0 Å². The first-order valence-electron chi connectivity index (χ1n) is 10.5. The van der Waals surface area contributed by atoms with Crippen molar-refractivity contribution in [1.29, 1.82) is 0 Å². The van der Waals surface area contributed by atoms with Gasteiger partial charge in [-0.15, -0.1) is 0 Å². The summed E-state index contributed by atoms with van der Waals surface area (Å²) in [4.78, 5) is 28.1. The minimum absolute atomic E-state index is 0.0188. The zero-order chi connectivity index (χ0) is 19.8. The lowest BCUT2D eigenvalue weighted by Crippen LogP contribution is -2.47. The second-order valence-electron chi connectivity index (χ2n) is 7.48. The molecule has 1 aromatic carbocycles. The van der Waals surface area contributed by atoms with Gasteiger partial charge in [0.2, 0.25) is 5.91 Å². The number of ether oxygens (including phenoxy) is 1. The number of carbonyl (C=O) groups excluding carboxylic acids is 2. The number of likely N-dealkylation sites (tertiary alicyclic amines) is 1. The number of nitrogens with zero attached hydrogens (tertiary/aromatic N) is 2. The molecule has 0 atom stereocenters. The monoisotopic (exact) mass is 388 g/mol. The standard InChI is InChI=1S/C21H32N4O3/c1-2-28-21(27)25-14-10-18(11-15-25)23-20(26)16-22-17-6-8-19(9-7-17)24-12-4-3-5-13-24/h6-9,18,22H,2-5,10-16H2,1H3,(H,23,26). The van der Waals surface area contributed by atoms with E-state index in [-0.39, 0.29) is 24.6 Å². The van der Waals surface area contributed by atoms with E-state index in [1.807, 2.05) is 12.1 Å². The van der Waals surface area contributed by atoms with E-state index in [1.165, 1.54) is 24.9 Å². The van der Waals surface area contributed by atoms with Gasteiger partial charge in [0.1, 0.15) is 0 Å². The fourth-order valence-corrected chi connectivity index (χ4v) is 3.82. The third-order valence-corrected chi connectivity index (χ3v) is 5.43. The van der Waals surface area contributed by atoms with Gasteiger partial charge >= 0.3 is 6.09 Å². The van der Waals surface area contributed by atoms with Crippen molar-refractivity contribution in [2.24, 2.45) is 0 Å². The molecule has 7 nitrogen and oxygen atoms in total. The van der Waals surface area contributed by atoms with E-state index in [1.54, 1.807) is 11.8 Å². The Morgan fingerprint density at radius 2 is 1.71 bits per heavy atom. The molecule has 2 aliphatic heterocycles. The maximum absolute atomic E-state index is 12.2. The summed E-state index contributed by atoms with van der Waals surface area (Å²) in [7, 11) is 0. The number of anilines is 2. The van der Waals surface area contributed by atoms with Crippen molar-refractivity contribution in [3.05, 3.63) is 24.3 Å². The zero-order valence-corrected chi connectivity index (χ0v) is 16.8. The third kappa shape index (κ3) is 5.78. The average Bonchev–Trinajstić information content (AvgIpc) is 2.74. The number of rotatable bonds is 6. The Labute approximate surface area is 167 Å². The van der Waals surface area contributed by atoms with Crippen LogP contribution in [0.2, 0.25) is 0 Å². The maximum atomic E-state index is 12.2. The Bertz CT molecular complexity index is 636. The van der Waals surface area contributed by atoms with Gasteiger partial charge in [0.05, 0.1) is 13.2 Å². The number of hydrogen-bond acceptors (Lipinski definition) is 5. The van der Waals surface area contributed by atoms with Gasteiger partial charge < -0.3 is 25.2 Å². The Kier molecular flexibility index (Phi) is 7.39. The van der Waals surface area contributed by atoms with Crippen molar-refractivity contribution in [1.82, 2.24) is 10.2 Å². The Hall–Kier alpha value is -2.44. The summed E-state index contributed by atoms with van der Waals surface area (Å²) in [6, 6.07) is 8.43. The highest BCUT2D eigenvalue weighted by Gasteiger charge is 2.24. The van der Waals surface area contributed by atoms with Crippen LogP contribution in [0.5, 0.6) is 0 Å². The van der Waals surface area contributed by atoms with Crippen molar-refractivity contribution in [3.63, 3.8) is 0 Å². The molecule has 0 saturated carbocycles. The molecule has 2 saturated heterocycles. The lowest BCUT2D eigenvalue weighted by Gasteiger charge is -2.31. The smallest absolute Gasteiger partial charge is 0.409 e. The van der Waals surface area contributed by atoms with Crippen LogP contribution in [0.4, 0.5) is 16.2 Å². The van der Waals surface area contributed by atoms with Crippen LogP contribution < -0.4 is 15.5 Å². The highest BCUT2D eigenvalue weighted by atomic mass is 16.6. The Morgan fingerprint density at radius 1 is 1.04 bits per heavy atom. The summed E-state index contributed by atoms with van der Waals surface area (Å²) in [6.45, 7) is 5.94. The second-order valence-corrected chi connectivity index (χ2v) is 7.48. The van der Waals surface area contributed by atoms with Crippen LogP contribution in [-0.2, 0) is 9.53 Å². The number of benzene rings is 1. The van der Waals surface area contributed by atoms with E-state index in [4.69, 9.17) is 4.74 Å². The summed E-state index contributed by atoms with van der Waals surface area (Å²) >= 11 is 0. The minimum Gasteiger partial charge on any atom is -0.450 e. The summed E-state index contributed by atoms with van der Waals surface area (Å²) in [6.07, 6.45) is 5.11. The highest BCUT2D eigenvalue weighted by Crippen LogP contribution is 2.21. The summed E-state index contributed by atoms with van der Waals surface area (Å²) in [5.41, 5.74) is 2.20. The molecule has 0 aliphatic carbocycles. The molecule has 3 rings (SSSR count). The van der Waals surface area contributed by atoms with Crippen molar-refractivity contribution in [2.45, 2.75) is 45.1 Å². The highest BCUT2D eigenvalue weighted by molar-refractivity contribution is 5.81. The number of amides is 2. The topological polar surface area (TPSA) is 73.9 Å². The number of nitrogens with one attached hydrogen (secondary N) is 2. The quantitative estimate of drug-likeness (QED) is 0.784. The second kappa shape index (κ2) is 10.2. The summed E-state index contributed by atoms with van der Waals surface area (Å²) in [5, 5.41) is 6.25. The first kappa shape index (κ1) is 20.3. The zero-order valence-electron chi connectivity index (χ0n) is 16.8. The van der Waals surface area contributed by atoms with E-state index in [0.29, 0.717) is 19.7 Å². The van der Waals surface area contributed by atoms with E-state index in [2.05, 4.69) is 27.7 Å². The molecule has 2 N–H and O–H groups in total. The number of hydrogen-bond donors (Lipinski definition) is 2. The molecular weight excluding hydrogens is 356 g/mol. The molecular formula is C21H32N4O3. The molecule has 0 radical (unpaired) electrons. The van der Waals surface area contributed by atoms with E-state index >= 15 is 0 Å². The molecule has 2 amide bonds. The average molecular weight is 389 g/mol. The van der Waals surface area contributed by atoms with Gasteiger partial charge in [0.25, 0.3) is 0 Å². The fourth-order valence-electron chi connectivity index (χ4n) is 3.82. The molecule has 1 aromatic rings. The van der Waals surface area contributed by atoms with Gasteiger partial charge in [-0.3, -0.25) is 4.79 Å². The first-order chi connectivity index (χ1) is 13.7. The van der Waals surface area contributed by atoms with Gasteiger partial charge in [-0.2, -0.15) is 0 Å². The predicted molar refractivity (Wildman–Crippen MR) is 111 cm³/mol. The summed E-state index contributed by atoms with van der Waals surface area (Å²) in [5.74, 6) is -0.0188. The largest absolute Gasteiger partial charge is 0.450 e. The molecule has 2 heterocycles. The van der Waals surface area contributed by atoms with Crippen LogP contribution in [0.25, 0.3) is 0 Å². The molecule has 2 aliphatic rings. The molecule has 0 bridgehead atoms. The molecule has 7 heteroatoms. The van der Waals surface area contributed by atoms with E-state index in [9.17, 15) is 9.59 Å². The SMILES string of the molecule is CCOC(=O)N1CCC(NC(=O)CNc2ccc(N3CCCCC3)cc2)CC1. The van der Waals surface area contributed by atoms with Crippen molar-refractivity contribution < 1.29 is 14.3 Å². The Morgan fingerprint density at radius 3 is 2.36 bits per heavy atom. The van der Waals surface area contributed by atoms with Gasteiger partial charge in [-0.05, 0) is 63.3 Å². The molecule has 0 unspecified atom stereocenters. The van der Waals surface area contributed by atoms with E-state index in [0.717, 1.165) is 31.6 Å². The van der Waals surface area contributed by atoms with E-state index < -0.39 is 0 Å². The van der Waals surface area contributed by atoms with Crippen molar-refractivity contribution >= 4 is 23.4 Å². The fraction of sp³-hybridized carbons (Fsp3) is 0.619. The first-order valence-corrected chi connectivity index (χ1v) is 10.5. The van der Waals surface area contributed by atoms with Crippen LogP contribution in [0.3, 0.4) is 0 Å². The van der Waals surface area contributed by atoms with Gasteiger partial charge in [-0.25, -0.2) is 4.79 Å². The van der Waals surface area contributed by atoms with Crippen LogP contribution in [0.1, 0.15) is 39.0 Å². The normalized spacial score (nSPS) is 17.9. The maximum Gasteiger partial charge on any atom is 0.409 e. The summed E-state index contributed by atoms with van der Waals surface area (Å²) < 4.78 is 5.02. The Balaban J connectivity index is 1.37. The molecule has 2 fully saturated rings. The van der Waals surface area contributed by atoms with Crippen LogP contribution in [0.15, 0.2) is 24.3 Å². The van der Waals surface area contributed by atoms with Crippen LogP contribution in [-0.4, -0.2) is 62.3 Å². The minimum atomic E-state index is -0.262. The lowest BCUT2D eigenvalue weighted by molar-refractivity contribution is -0.120. The number of carbonyl (C=O) groups is 2. The van der Waals surface area contributed by atoms with Gasteiger partial charge in [0, 0.05) is 43.6 Å². The van der Waals surface area contributed by atoms with Crippen molar-refractivity contribution in [2.75, 3.05) is 49.5 Å². The van der Waals surface area contributed by atoms with Gasteiger partial charge in [0.15, 0.2) is 0 Å². The molecule has 0 spiro atoms. The third-order valence-electron chi connectivity index (χ3n) is 5.43. The molecule has 0 aromatic heterocycles. The van der Waals surface area contributed by atoms with Crippen LogP contribution in [0, 0.1) is 0 Å². The van der Waals surface area contributed by atoms with Gasteiger partial charge in [-0.1, -0.05) is 0 Å². The molecule has 154 valence electrons. The lowest BCUT2D eigenvalue weighted by atomic mass is 10.1. The van der Waals surface area contributed by atoms with Crippen LogP contribution >= 0.6 is 0 Å². The predicted octanol–water partition coefficient (Wildman–Crippen LogP) is 2.83. The molecule has 28 heavy (non-hydrogen) atoms.